The second kappa shape index (κ2) is 9.69. The summed E-state index contributed by atoms with van der Waals surface area (Å²) in [5, 5.41) is 0. The highest BCUT2D eigenvalue weighted by Gasteiger charge is 2.14. The van der Waals surface area contributed by atoms with Gasteiger partial charge in [-0.2, -0.15) is 9.13 Å². The number of aryl methyl sites for hydroxylation is 2. The third-order valence-electron chi connectivity index (χ3n) is 5.03. The van der Waals surface area contributed by atoms with E-state index in [9.17, 15) is 0 Å². The molecule has 0 fully saturated rings. The molecule has 0 saturated carbocycles. The monoisotopic (exact) mass is 382 g/mol. The van der Waals surface area contributed by atoms with E-state index in [0.717, 1.165) is 37.3 Å². The Morgan fingerprint density at radius 2 is 1.00 bits per heavy atom. The zero-order valence-corrected chi connectivity index (χ0v) is 16.6. The van der Waals surface area contributed by atoms with E-state index in [1.807, 2.05) is 36.7 Å². The SMILES string of the molecule is c1ccc(-c2cccc[n+]2CCCCC[n+]2ccccc2-c2ccccn2)nc1. The van der Waals surface area contributed by atoms with Crippen molar-refractivity contribution < 1.29 is 9.13 Å². The highest BCUT2D eigenvalue weighted by molar-refractivity contribution is 5.50. The molecule has 0 bridgehead atoms. The van der Waals surface area contributed by atoms with Gasteiger partial charge in [-0.1, -0.05) is 12.1 Å². The summed E-state index contributed by atoms with van der Waals surface area (Å²) < 4.78 is 4.61. The average molecular weight is 383 g/mol. The molecular weight excluding hydrogens is 356 g/mol. The van der Waals surface area contributed by atoms with E-state index < -0.39 is 0 Å². The normalized spacial score (nSPS) is 10.8. The summed E-state index contributed by atoms with van der Waals surface area (Å²) in [5.41, 5.74) is 4.38. The van der Waals surface area contributed by atoms with E-state index in [-0.39, 0.29) is 0 Å². The highest BCUT2D eigenvalue weighted by atomic mass is 15.0. The van der Waals surface area contributed by atoms with E-state index in [1.165, 1.54) is 17.8 Å². The number of rotatable bonds is 8. The standard InChI is InChI=1S/C25H26N4/c1(8-18-28-20-10-4-14-24(28)22-12-2-6-16-26-22)9-19-29-21-11-5-15-25(29)23-13-3-7-17-27-23/h2-7,10-17,20-21H,1,8-9,18-19H2/q+2. The predicted octanol–water partition coefficient (Wildman–Crippen LogP) is 4.26. The maximum Gasteiger partial charge on any atom is 0.231 e. The van der Waals surface area contributed by atoms with Crippen LogP contribution in [0.25, 0.3) is 22.8 Å². The molecule has 4 aromatic rings. The van der Waals surface area contributed by atoms with Crippen molar-refractivity contribution in [2.75, 3.05) is 0 Å². The smallest absolute Gasteiger partial charge is 0.231 e. The molecule has 0 aromatic carbocycles. The minimum atomic E-state index is 0.999. The molecule has 0 aliphatic carbocycles. The summed E-state index contributed by atoms with van der Waals surface area (Å²) in [6.45, 7) is 2.00. The van der Waals surface area contributed by atoms with Gasteiger partial charge < -0.3 is 0 Å². The van der Waals surface area contributed by atoms with Gasteiger partial charge in [0.15, 0.2) is 12.4 Å². The van der Waals surface area contributed by atoms with Crippen LogP contribution >= 0.6 is 0 Å². The molecule has 0 aliphatic rings. The van der Waals surface area contributed by atoms with Crippen LogP contribution in [0.5, 0.6) is 0 Å². The van der Waals surface area contributed by atoms with Crippen LogP contribution in [0, 0.1) is 0 Å². The van der Waals surface area contributed by atoms with Crippen molar-refractivity contribution in [1.29, 1.82) is 0 Å². The molecule has 4 rings (SSSR count). The maximum absolute atomic E-state index is 4.50. The van der Waals surface area contributed by atoms with Gasteiger partial charge in [0.2, 0.25) is 11.4 Å². The molecule has 0 radical (unpaired) electrons. The molecule has 4 nitrogen and oxygen atoms in total. The van der Waals surface area contributed by atoms with Gasteiger partial charge in [0.25, 0.3) is 0 Å². The third-order valence-corrected chi connectivity index (χ3v) is 5.03. The van der Waals surface area contributed by atoms with Crippen molar-refractivity contribution in [3.05, 3.63) is 97.6 Å². The zero-order valence-electron chi connectivity index (χ0n) is 16.6. The number of nitrogens with zero attached hydrogens (tertiary/aromatic N) is 4. The minimum absolute atomic E-state index is 0.999. The predicted molar refractivity (Wildman–Crippen MR) is 114 cm³/mol. The van der Waals surface area contributed by atoms with Crippen LogP contribution in [-0.2, 0) is 13.1 Å². The van der Waals surface area contributed by atoms with Crippen LogP contribution < -0.4 is 9.13 Å². The number of hydrogen-bond donors (Lipinski definition) is 0. The van der Waals surface area contributed by atoms with E-state index >= 15 is 0 Å². The molecule has 0 N–H and O–H groups in total. The molecule has 0 amide bonds. The fraction of sp³-hybridized carbons (Fsp3) is 0.200. The molecule has 144 valence electrons. The number of hydrogen-bond acceptors (Lipinski definition) is 2. The van der Waals surface area contributed by atoms with Gasteiger partial charge in [-0.15, -0.1) is 0 Å². The Labute approximate surface area is 172 Å². The third kappa shape index (κ3) is 4.91. The molecule has 4 aromatic heterocycles. The lowest BCUT2D eigenvalue weighted by atomic mass is 10.2. The Bertz CT molecular complexity index is 948. The van der Waals surface area contributed by atoms with E-state index in [2.05, 4.69) is 80.0 Å². The van der Waals surface area contributed by atoms with Gasteiger partial charge in [0.1, 0.15) is 24.5 Å². The summed E-state index contributed by atoms with van der Waals surface area (Å²) in [4.78, 5) is 9.00. The molecule has 0 saturated heterocycles. The maximum atomic E-state index is 4.50. The molecular formula is C25H26N4+2. The van der Waals surface area contributed by atoms with Crippen LogP contribution in [0.3, 0.4) is 0 Å². The van der Waals surface area contributed by atoms with Gasteiger partial charge in [-0.05, 0) is 42.8 Å². The van der Waals surface area contributed by atoms with E-state index in [4.69, 9.17) is 0 Å². The molecule has 4 heterocycles. The van der Waals surface area contributed by atoms with Crippen molar-refractivity contribution in [3.63, 3.8) is 0 Å². The van der Waals surface area contributed by atoms with Crippen molar-refractivity contribution in [2.24, 2.45) is 0 Å². The van der Waals surface area contributed by atoms with Crippen LogP contribution in [0.4, 0.5) is 0 Å². The molecule has 29 heavy (non-hydrogen) atoms. The first-order chi connectivity index (χ1) is 14.4. The number of pyridine rings is 4. The van der Waals surface area contributed by atoms with Crippen LogP contribution in [-0.4, -0.2) is 9.97 Å². The van der Waals surface area contributed by atoms with E-state index in [1.54, 1.807) is 0 Å². The Balaban J connectivity index is 1.34. The van der Waals surface area contributed by atoms with Gasteiger partial charge >= 0.3 is 0 Å². The second-order valence-corrected chi connectivity index (χ2v) is 7.05. The van der Waals surface area contributed by atoms with Gasteiger partial charge in [0.05, 0.1) is 0 Å². The summed E-state index contributed by atoms with van der Waals surface area (Å²) in [7, 11) is 0. The lowest BCUT2D eigenvalue weighted by molar-refractivity contribution is -0.690. The second-order valence-electron chi connectivity index (χ2n) is 7.05. The summed E-state index contributed by atoms with van der Waals surface area (Å²) >= 11 is 0. The lowest BCUT2D eigenvalue weighted by Crippen LogP contribution is -2.37. The Morgan fingerprint density at radius 3 is 1.45 bits per heavy atom. The first-order valence-corrected chi connectivity index (χ1v) is 10.2. The largest absolute Gasteiger partial charge is 0.250 e. The minimum Gasteiger partial charge on any atom is -0.250 e. The highest BCUT2D eigenvalue weighted by Crippen LogP contribution is 2.12. The summed E-state index contributed by atoms with van der Waals surface area (Å²) in [6.07, 6.45) is 11.4. The summed E-state index contributed by atoms with van der Waals surface area (Å²) in [6, 6.07) is 24.7. The first kappa shape index (κ1) is 18.9. The van der Waals surface area contributed by atoms with Crippen LogP contribution in [0.15, 0.2) is 97.6 Å². The fourth-order valence-electron chi connectivity index (χ4n) is 3.58. The molecule has 0 atom stereocenters. The molecule has 0 aliphatic heterocycles. The molecule has 4 heteroatoms. The first-order valence-electron chi connectivity index (χ1n) is 10.2. The van der Waals surface area contributed by atoms with Crippen molar-refractivity contribution in [1.82, 2.24) is 9.97 Å². The van der Waals surface area contributed by atoms with E-state index in [0.29, 0.717) is 0 Å². The zero-order chi connectivity index (χ0) is 19.7. The average Bonchev–Trinajstić information content (AvgIpc) is 2.80. The fourth-order valence-corrected chi connectivity index (χ4v) is 3.58. The van der Waals surface area contributed by atoms with Crippen LogP contribution in [0.1, 0.15) is 19.3 Å². The summed E-state index contributed by atoms with van der Waals surface area (Å²) in [5.74, 6) is 0. The van der Waals surface area contributed by atoms with Crippen LogP contribution in [0.2, 0.25) is 0 Å². The molecule has 0 spiro atoms. The number of aromatic nitrogens is 4. The Kier molecular flexibility index (Phi) is 6.33. The van der Waals surface area contributed by atoms with Crippen molar-refractivity contribution >= 4 is 0 Å². The van der Waals surface area contributed by atoms with Gasteiger partial charge in [-0.3, -0.25) is 0 Å². The lowest BCUT2D eigenvalue weighted by Gasteiger charge is -2.05. The molecule has 0 unspecified atom stereocenters. The quantitative estimate of drug-likeness (QED) is 0.337. The Hall–Kier alpha value is -3.40. The topological polar surface area (TPSA) is 33.5 Å². The van der Waals surface area contributed by atoms with Gasteiger partial charge in [-0.25, -0.2) is 9.97 Å². The number of unbranched alkanes of at least 4 members (excludes halogenated alkanes) is 2. The van der Waals surface area contributed by atoms with Crippen molar-refractivity contribution in [2.45, 2.75) is 32.4 Å². The van der Waals surface area contributed by atoms with Crippen molar-refractivity contribution in [3.8, 4) is 22.8 Å². The Morgan fingerprint density at radius 1 is 0.517 bits per heavy atom. The van der Waals surface area contributed by atoms with Gasteiger partial charge in [0, 0.05) is 49.5 Å².